The zero-order chi connectivity index (χ0) is 15.9. The third-order valence-corrected chi connectivity index (χ3v) is 3.19. The summed E-state index contributed by atoms with van der Waals surface area (Å²) in [7, 11) is 0. The fourth-order valence-corrected chi connectivity index (χ4v) is 2.19. The molecule has 0 aliphatic carbocycles. The zero-order valence-corrected chi connectivity index (χ0v) is 12.2. The Labute approximate surface area is 127 Å². The summed E-state index contributed by atoms with van der Waals surface area (Å²) in [4.78, 5) is 10.3. The smallest absolute Gasteiger partial charge is 0.327 e. The number of benzene rings is 2. The van der Waals surface area contributed by atoms with Crippen LogP contribution in [0.2, 0.25) is 0 Å². The molecule has 0 aromatic heterocycles. The van der Waals surface area contributed by atoms with Gasteiger partial charge in [-0.05, 0) is 24.6 Å². The monoisotopic (exact) mass is 304 g/mol. The van der Waals surface area contributed by atoms with E-state index in [0.29, 0.717) is 13.2 Å². The van der Waals surface area contributed by atoms with Gasteiger partial charge >= 0.3 is 5.69 Å². The van der Waals surface area contributed by atoms with Crippen molar-refractivity contribution < 1.29 is 14.1 Å². The summed E-state index contributed by atoms with van der Waals surface area (Å²) in [6.45, 7) is 2.69. The SMILES string of the molecule is CCOC(CNc1cccc(F)c1[N+](=O)[O-])c1ccccc1. The first-order valence-corrected chi connectivity index (χ1v) is 6.96. The Morgan fingerprint density at radius 2 is 1.95 bits per heavy atom. The van der Waals surface area contributed by atoms with Crippen LogP contribution in [0.5, 0.6) is 0 Å². The Morgan fingerprint density at radius 1 is 1.23 bits per heavy atom. The summed E-state index contributed by atoms with van der Waals surface area (Å²) in [6, 6.07) is 13.5. The quantitative estimate of drug-likeness (QED) is 0.622. The number of halogens is 1. The Balaban J connectivity index is 2.17. The number of hydrogen-bond donors (Lipinski definition) is 1. The van der Waals surface area contributed by atoms with E-state index in [1.54, 1.807) is 0 Å². The molecule has 0 saturated carbocycles. The van der Waals surface area contributed by atoms with Crippen LogP contribution in [0.1, 0.15) is 18.6 Å². The van der Waals surface area contributed by atoms with Crippen molar-refractivity contribution >= 4 is 11.4 Å². The number of para-hydroxylation sites is 1. The lowest BCUT2D eigenvalue weighted by Gasteiger charge is -2.18. The predicted octanol–water partition coefficient (Wildman–Crippen LogP) is 3.92. The topological polar surface area (TPSA) is 64.4 Å². The molecular weight excluding hydrogens is 287 g/mol. The Hall–Kier alpha value is -2.47. The first-order valence-electron chi connectivity index (χ1n) is 6.96. The van der Waals surface area contributed by atoms with Gasteiger partial charge < -0.3 is 10.1 Å². The summed E-state index contributed by atoms with van der Waals surface area (Å²) in [5.74, 6) is -0.859. The molecule has 1 unspecified atom stereocenters. The third kappa shape index (κ3) is 3.79. The molecule has 2 rings (SSSR count). The number of ether oxygens (including phenoxy) is 1. The molecule has 0 radical (unpaired) electrons. The molecular formula is C16H17FN2O3. The van der Waals surface area contributed by atoms with Crippen LogP contribution in [0.15, 0.2) is 48.5 Å². The minimum atomic E-state index is -0.859. The highest BCUT2D eigenvalue weighted by atomic mass is 19.1. The van der Waals surface area contributed by atoms with Crippen LogP contribution in [0.3, 0.4) is 0 Å². The van der Waals surface area contributed by atoms with Gasteiger partial charge in [-0.2, -0.15) is 4.39 Å². The summed E-state index contributed by atoms with van der Waals surface area (Å²) in [6.07, 6.45) is -0.269. The number of nitro benzene ring substituents is 1. The maximum absolute atomic E-state index is 13.6. The molecule has 2 aromatic rings. The van der Waals surface area contributed by atoms with Crippen molar-refractivity contribution in [2.24, 2.45) is 0 Å². The van der Waals surface area contributed by atoms with Crippen molar-refractivity contribution in [1.29, 1.82) is 0 Å². The second-order valence-electron chi connectivity index (χ2n) is 4.63. The van der Waals surface area contributed by atoms with E-state index in [9.17, 15) is 14.5 Å². The van der Waals surface area contributed by atoms with Gasteiger partial charge in [-0.3, -0.25) is 10.1 Å². The minimum Gasteiger partial charge on any atom is -0.376 e. The summed E-state index contributed by atoms with van der Waals surface area (Å²) in [5.41, 5.74) is 0.548. The molecule has 1 atom stereocenters. The van der Waals surface area contributed by atoms with Crippen LogP contribution < -0.4 is 5.32 Å². The van der Waals surface area contributed by atoms with E-state index in [1.807, 2.05) is 37.3 Å². The molecule has 22 heavy (non-hydrogen) atoms. The summed E-state index contributed by atoms with van der Waals surface area (Å²) < 4.78 is 19.2. The third-order valence-electron chi connectivity index (χ3n) is 3.19. The second-order valence-corrected chi connectivity index (χ2v) is 4.63. The fraction of sp³-hybridized carbons (Fsp3) is 0.250. The second kappa shape index (κ2) is 7.51. The normalized spacial score (nSPS) is 11.9. The molecule has 5 nitrogen and oxygen atoms in total. The molecule has 0 aliphatic heterocycles. The average molecular weight is 304 g/mol. The van der Waals surface area contributed by atoms with Crippen LogP contribution in [0.4, 0.5) is 15.8 Å². The molecule has 0 heterocycles. The van der Waals surface area contributed by atoms with Crippen LogP contribution in [-0.2, 0) is 4.74 Å². The Bertz CT molecular complexity index is 635. The van der Waals surface area contributed by atoms with Crippen LogP contribution >= 0.6 is 0 Å². The highest BCUT2D eigenvalue weighted by Gasteiger charge is 2.21. The fourth-order valence-electron chi connectivity index (χ4n) is 2.19. The van der Waals surface area contributed by atoms with Crippen molar-refractivity contribution in [3.8, 4) is 0 Å². The van der Waals surface area contributed by atoms with Crippen LogP contribution in [0, 0.1) is 15.9 Å². The lowest BCUT2D eigenvalue weighted by molar-refractivity contribution is -0.386. The molecule has 2 aromatic carbocycles. The maximum atomic E-state index is 13.6. The van der Waals surface area contributed by atoms with Gasteiger partial charge in [-0.1, -0.05) is 36.4 Å². The zero-order valence-electron chi connectivity index (χ0n) is 12.2. The molecule has 0 aliphatic rings. The lowest BCUT2D eigenvalue weighted by atomic mass is 10.1. The van der Waals surface area contributed by atoms with Gasteiger partial charge in [0.05, 0.1) is 11.0 Å². The van der Waals surface area contributed by atoms with E-state index in [0.717, 1.165) is 11.6 Å². The van der Waals surface area contributed by atoms with E-state index in [2.05, 4.69) is 5.32 Å². The largest absolute Gasteiger partial charge is 0.376 e. The molecule has 1 N–H and O–H groups in total. The number of rotatable bonds is 7. The van der Waals surface area contributed by atoms with Gasteiger partial charge in [-0.25, -0.2) is 0 Å². The number of nitrogens with one attached hydrogen (secondary N) is 1. The van der Waals surface area contributed by atoms with Crippen molar-refractivity contribution in [2.45, 2.75) is 13.0 Å². The van der Waals surface area contributed by atoms with E-state index < -0.39 is 16.4 Å². The first-order chi connectivity index (χ1) is 10.6. The minimum absolute atomic E-state index is 0.144. The van der Waals surface area contributed by atoms with Gasteiger partial charge in [0.1, 0.15) is 5.69 Å². The number of nitro groups is 1. The summed E-state index contributed by atoms with van der Waals surface area (Å²) in [5, 5.41) is 13.9. The van der Waals surface area contributed by atoms with Crippen LogP contribution in [0.25, 0.3) is 0 Å². The lowest BCUT2D eigenvalue weighted by Crippen LogP contribution is -2.16. The van der Waals surface area contributed by atoms with Gasteiger partial charge in [0.25, 0.3) is 0 Å². The molecule has 116 valence electrons. The van der Waals surface area contributed by atoms with Gasteiger partial charge in [-0.15, -0.1) is 0 Å². The molecule has 0 amide bonds. The first kappa shape index (κ1) is 15.9. The number of nitrogens with zero attached hydrogens (tertiary/aromatic N) is 1. The standard InChI is InChI=1S/C16H17FN2O3/c1-2-22-15(12-7-4-3-5-8-12)11-18-14-10-6-9-13(17)16(14)19(20)21/h3-10,15,18H,2,11H2,1H3. The summed E-state index contributed by atoms with van der Waals surface area (Å²) >= 11 is 0. The Kier molecular flexibility index (Phi) is 5.43. The van der Waals surface area contributed by atoms with Gasteiger partial charge in [0, 0.05) is 13.2 Å². The van der Waals surface area contributed by atoms with Gasteiger partial charge in [0.15, 0.2) is 0 Å². The molecule has 6 heteroatoms. The highest BCUT2D eigenvalue weighted by molar-refractivity contribution is 5.62. The van der Waals surface area contributed by atoms with E-state index in [-0.39, 0.29) is 11.8 Å². The molecule has 0 bridgehead atoms. The van der Waals surface area contributed by atoms with Crippen molar-refractivity contribution in [3.05, 3.63) is 70.0 Å². The van der Waals surface area contributed by atoms with Crippen molar-refractivity contribution in [2.75, 3.05) is 18.5 Å². The maximum Gasteiger partial charge on any atom is 0.327 e. The molecule has 0 fully saturated rings. The Morgan fingerprint density at radius 3 is 2.59 bits per heavy atom. The van der Waals surface area contributed by atoms with Crippen molar-refractivity contribution in [3.63, 3.8) is 0 Å². The van der Waals surface area contributed by atoms with Gasteiger partial charge in [0.2, 0.25) is 5.82 Å². The van der Waals surface area contributed by atoms with Crippen LogP contribution in [-0.4, -0.2) is 18.1 Å². The van der Waals surface area contributed by atoms with E-state index in [4.69, 9.17) is 4.74 Å². The van der Waals surface area contributed by atoms with E-state index >= 15 is 0 Å². The number of hydrogen-bond acceptors (Lipinski definition) is 4. The van der Waals surface area contributed by atoms with Crippen molar-refractivity contribution in [1.82, 2.24) is 0 Å². The highest BCUT2D eigenvalue weighted by Crippen LogP contribution is 2.28. The molecule has 0 saturated heterocycles. The average Bonchev–Trinajstić information content (AvgIpc) is 2.52. The van der Waals surface area contributed by atoms with E-state index in [1.165, 1.54) is 12.1 Å². The predicted molar refractivity (Wildman–Crippen MR) is 82.4 cm³/mol. The molecule has 0 spiro atoms. The number of anilines is 1.